The summed E-state index contributed by atoms with van der Waals surface area (Å²) in [5, 5.41) is 8.12. The average molecular weight is 246 g/mol. The summed E-state index contributed by atoms with van der Waals surface area (Å²) in [7, 11) is 1.66. The van der Waals surface area contributed by atoms with Crippen LogP contribution in [0.1, 0.15) is 30.9 Å². The molecule has 1 aromatic carbocycles. The van der Waals surface area contributed by atoms with Crippen LogP contribution in [-0.2, 0) is 11.2 Å². The van der Waals surface area contributed by atoms with E-state index in [2.05, 4.69) is 17.1 Å². The van der Waals surface area contributed by atoms with Crippen molar-refractivity contribution in [3.8, 4) is 5.75 Å². The summed E-state index contributed by atoms with van der Waals surface area (Å²) >= 11 is 0. The molecule has 1 aliphatic heterocycles. The van der Waals surface area contributed by atoms with E-state index in [1.54, 1.807) is 13.3 Å². The van der Waals surface area contributed by atoms with Crippen LogP contribution in [0.2, 0.25) is 0 Å². The minimum Gasteiger partial charge on any atom is -0.497 e. The van der Waals surface area contributed by atoms with Crippen LogP contribution < -0.4 is 4.74 Å². The second-order valence-corrected chi connectivity index (χ2v) is 4.13. The van der Waals surface area contributed by atoms with Crippen molar-refractivity contribution < 1.29 is 9.47 Å². The number of hydrogen-bond acceptors (Lipinski definition) is 4. The van der Waals surface area contributed by atoms with Crippen molar-refractivity contribution in [1.29, 1.82) is 0 Å². The maximum atomic E-state index is 5.71. The van der Waals surface area contributed by atoms with E-state index in [1.807, 2.05) is 18.2 Å². The molecule has 4 nitrogen and oxygen atoms in total. The van der Waals surface area contributed by atoms with E-state index >= 15 is 0 Å². The molecule has 0 bridgehead atoms. The molecule has 0 atom stereocenters. The number of ether oxygens (including phenoxy) is 2. The van der Waals surface area contributed by atoms with Gasteiger partial charge in [0.1, 0.15) is 5.75 Å². The number of rotatable bonds is 4. The SMILES string of the molecule is CCCCOC1=NN=CCc2ccc(OC)cc21. The van der Waals surface area contributed by atoms with Crippen LogP contribution in [0.3, 0.4) is 0 Å². The van der Waals surface area contributed by atoms with Gasteiger partial charge in [0.2, 0.25) is 5.90 Å². The molecule has 0 N–H and O–H groups in total. The number of unbranched alkanes of at least 4 members (excludes halogenated alkanes) is 1. The van der Waals surface area contributed by atoms with E-state index in [-0.39, 0.29) is 0 Å². The lowest BCUT2D eigenvalue weighted by Gasteiger charge is -2.11. The van der Waals surface area contributed by atoms with Gasteiger partial charge >= 0.3 is 0 Å². The Labute approximate surface area is 107 Å². The molecule has 0 aromatic heterocycles. The zero-order valence-electron chi connectivity index (χ0n) is 10.8. The van der Waals surface area contributed by atoms with Crippen molar-refractivity contribution in [2.45, 2.75) is 26.2 Å². The second-order valence-electron chi connectivity index (χ2n) is 4.13. The standard InChI is InChI=1S/C14H18N2O2/c1-3-4-9-18-14-13-10-12(17-2)6-5-11(13)7-8-15-16-14/h5-6,8,10H,3-4,7,9H2,1-2H3. The van der Waals surface area contributed by atoms with Crippen molar-refractivity contribution in [1.82, 2.24) is 0 Å². The summed E-state index contributed by atoms with van der Waals surface area (Å²) in [5.74, 6) is 1.40. The molecule has 0 amide bonds. The molecule has 2 rings (SSSR count). The van der Waals surface area contributed by atoms with Gasteiger partial charge in [0, 0.05) is 18.2 Å². The van der Waals surface area contributed by atoms with Crippen molar-refractivity contribution in [3.63, 3.8) is 0 Å². The van der Waals surface area contributed by atoms with Gasteiger partial charge in [-0.25, -0.2) is 0 Å². The lowest BCUT2D eigenvalue weighted by atomic mass is 10.0. The molecule has 1 aromatic rings. The Morgan fingerprint density at radius 3 is 3.00 bits per heavy atom. The van der Waals surface area contributed by atoms with Gasteiger partial charge in [-0.05, 0) is 24.1 Å². The van der Waals surface area contributed by atoms with E-state index in [4.69, 9.17) is 9.47 Å². The van der Waals surface area contributed by atoms with E-state index in [0.717, 1.165) is 36.1 Å². The molecule has 0 aliphatic carbocycles. The molecule has 96 valence electrons. The van der Waals surface area contributed by atoms with E-state index in [0.29, 0.717) is 12.5 Å². The summed E-state index contributed by atoms with van der Waals surface area (Å²) in [6, 6.07) is 5.93. The van der Waals surface area contributed by atoms with E-state index < -0.39 is 0 Å². The van der Waals surface area contributed by atoms with E-state index in [1.165, 1.54) is 0 Å². The van der Waals surface area contributed by atoms with E-state index in [9.17, 15) is 0 Å². The van der Waals surface area contributed by atoms with Crippen LogP contribution in [0.4, 0.5) is 0 Å². The number of nitrogens with zero attached hydrogens (tertiary/aromatic N) is 2. The van der Waals surface area contributed by atoms with Crippen LogP contribution in [0.15, 0.2) is 28.4 Å². The molecule has 0 radical (unpaired) electrons. The molecule has 0 spiro atoms. The molecule has 18 heavy (non-hydrogen) atoms. The third-order valence-electron chi connectivity index (χ3n) is 2.83. The fourth-order valence-corrected chi connectivity index (χ4v) is 1.77. The Morgan fingerprint density at radius 2 is 2.22 bits per heavy atom. The van der Waals surface area contributed by atoms with Gasteiger partial charge in [-0.1, -0.05) is 19.4 Å². The number of hydrogen-bond donors (Lipinski definition) is 0. The monoisotopic (exact) mass is 246 g/mol. The quantitative estimate of drug-likeness (QED) is 0.767. The summed E-state index contributed by atoms with van der Waals surface area (Å²) in [6.07, 6.45) is 4.68. The van der Waals surface area contributed by atoms with Gasteiger partial charge in [-0.2, -0.15) is 5.10 Å². The summed E-state index contributed by atoms with van der Waals surface area (Å²) in [5.41, 5.74) is 2.13. The molecule has 0 saturated carbocycles. The number of fused-ring (bicyclic) bond motifs is 1. The highest BCUT2D eigenvalue weighted by Crippen LogP contribution is 2.21. The highest BCUT2D eigenvalue weighted by molar-refractivity contribution is 5.97. The first-order valence-corrected chi connectivity index (χ1v) is 6.24. The van der Waals surface area contributed by atoms with Crippen LogP contribution in [0.25, 0.3) is 0 Å². The zero-order chi connectivity index (χ0) is 12.8. The first kappa shape index (κ1) is 12.6. The fourth-order valence-electron chi connectivity index (χ4n) is 1.77. The number of benzene rings is 1. The normalized spacial score (nSPS) is 13.6. The van der Waals surface area contributed by atoms with Crippen molar-refractivity contribution >= 4 is 12.1 Å². The predicted molar refractivity (Wildman–Crippen MR) is 72.6 cm³/mol. The molecule has 0 fully saturated rings. The third-order valence-corrected chi connectivity index (χ3v) is 2.83. The first-order chi connectivity index (χ1) is 8.85. The van der Waals surface area contributed by atoms with Gasteiger partial charge in [0.15, 0.2) is 0 Å². The van der Waals surface area contributed by atoms with Gasteiger partial charge in [-0.3, -0.25) is 0 Å². The molecule has 1 heterocycles. The van der Waals surface area contributed by atoms with Crippen molar-refractivity contribution in [2.24, 2.45) is 10.2 Å². The van der Waals surface area contributed by atoms with Crippen LogP contribution in [0.5, 0.6) is 5.75 Å². The Balaban J connectivity index is 2.25. The highest BCUT2D eigenvalue weighted by Gasteiger charge is 2.14. The van der Waals surface area contributed by atoms with Crippen LogP contribution in [0, 0.1) is 0 Å². The predicted octanol–water partition coefficient (Wildman–Crippen LogP) is 2.80. The summed E-state index contributed by atoms with van der Waals surface area (Å²) < 4.78 is 11.0. The Hall–Kier alpha value is -1.84. The maximum absolute atomic E-state index is 5.71. The van der Waals surface area contributed by atoms with Crippen molar-refractivity contribution in [3.05, 3.63) is 29.3 Å². The molecule has 4 heteroatoms. The van der Waals surface area contributed by atoms with Gasteiger partial charge in [0.25, 0.3) is 0 Å². The average Bonchev–Trinajstić information content (AvgIpc) is 2.61. The molecular formula is C14H18N2O2. The van der Waals surface area contributed by atoms with Gasteiger partial charge in [0.05, 0.1) is 13.7 Å². The van der Waals surface area contributed by atoms with Crippen LogP contribution >= 0.6 is 0 Å². The summed E-state index contributed by atoms with van der Waals surface area (Å²) in [6.45, 7) is 2.80. The minimum atomic E-state index is 0.589. The first-order valence-electron chi connectivity index (χ1n) is 6.24. The molecule has 0 unspecified atom stereocenters. The third kappa shape index (κ3) is 2.88. The lowest BCUT2D eigenvalue weighted by molar-refractivity contribution is 0.296. The topological polar surface area (TPSA) is 43.2 Å². The smallest absolute Gasteiger partial charge is 0.241 e. The maximum Gasteiger partial charge on any atom is 0.241 e. The lowest BCUT2D eigenvalue weighted by Crippen LogP contribution is -2.10. The molecule has 1 aliphatic rings. The molecule has 0 saturated heterocycles. The fraction of sp³-hybridized carbons (Fsp3) is 0.429. The Morgan fingerprint density at radius 1 is 1.33 bits per heavy atom. The van der Waals surface area contributed by atoms with Crippen molar-refractivity contribution in [2.75, 3.05) is 13.7 Å². The Bertz CT molecular complexity index is 467. The molecular weight excluding hydrogens is 228 g/mol. The zero-order valence-corrected chi connectivity index (χ0v) is 10.8. The largest absolute Gasteiger partial charge is 0.497 e. The highest BCUT2D eigenvalue weighted by atomic mass is 16.5. The van der Waals surface area contributed by atoms with Gasteiger partial charge < -0.3 is 9.47 Å². The minimum absolute atomic E-state index is 0.589. The summed E-state index contributed by atoms with van der Waals surface area (Å²) in [4.78, 5) is 0. The van der Waals surface area contributed by atoms with Crippen LogP contribution in [-0.4, -0.2) is 25.8 Å². The Kier molecular flexibility index (Phi) is 4.34. The van der Waals surface area contributed by atoms with Gasteiger partial charge in [-0.15, -0.1) is 5.10 Å². The second kappa shape index (κ2) is 6.19. The number of methoxy groups -OCH3 is 1.